The quantitative estimate of drug-likeness (QED) is 0.490. The van der Waals surface area contributed by atoms with Gasteiger partial charge in [-0.25, -0.2) is 4.98 Å². The Kier molecular flexibility index (Phi) is 7.10. The van der Waals surface area contributed by atoms with Crippen molar-refractivity contribution in [1.29, 1.82) is 0 Å². The Morgan fingerprint density at radius 2 is 2.06 bits per heavy atom. The lowest BCUT2D eigenvalue weighted by Gasteiger charge is -2.22. The number of H-pyrrole nitrogens is 1. The van der Waals surface area contributed by atoms with E-state index in [1.165, 1.54) is 26.5 Å². The lowest BCUT2D eigenvalue weighted by atomic mass is 10.2. The van der Waals surface area contributed by atoms with Crippen molar-refractivity contribution >= 4 is 17.7 Å². The molecular weight excluding hydrogens is 437 g/mol. The van der Waals surface area contributed by atoms with Crippen LogP contribution in [0.25, 0.3) is 11.4 Å². The average Bonchev–Trinajstić information content (AvgIpc) is 3.42. The molecule has 0 aliphatic heterocycles. The number of alkyl halides is 3. The second kappa shape index (κ2) is 9.77. The molecule has 0 fully saturated rings. The third kappa shape index (κ3) is 6.17. The first-order valence-electron chi connectivity index (χ1n) is 8.93. The smallest absolute Gasteiger partial charge is 0.406 e. The molecule has 2 heterocycles. The van der Waals surface area contributed by atoms with Crippen LogP contribution in [0.4, 0.5) is 13.2 Å². The highest BCUT2D eigenvalue weighted by Crippen LogP contribution is 2.32. The minimum atomic E-state index is -4.53. The molecule has 31 heavy (non-hydrogen) atoms. The van der Waals surface area contributed by atoms with Gasteiger partial charge in [0.2, 0.25) is 11.1 Å². The number of hydrogen-bond acceptors (Lipinski definition) is 7. The number of furan rings is 1. The number of nitrogens with zero attached hydrogens (tertiary/aromatic N) is 3. The number of nitrogens with one attached hydrogen (secondary N) is 1. The monoisotopic (exact) mass is 456 g/mol. The number of aromatic amines is 1. The summed E-state index contributed by atoms with van der Waals surface area (Å²) in [5.41, 5.74) is 0.616. The molecule has 12 heteroatoms. The van der Waals surface area contributed by atoms with Gasteiger partial charge in [-0.05, 0) is 24.3 Å². The van der Waals surface area contributed by atoms with Gasteiger partial charge in [-0.15, -0.1) is 5.10 Å². The SMILES string of the molecule is COc1ccc(-c2nc(SCC(=O)N(Cc3ccco3)CC(F)(F)F)n[nH]2)c(OC)c1. The average molecular weight is 456 g/mol. The summed E-state index contributed by atoms with van der Waals surface area (Å²) in [7, 11) is 3.03. The molecule has 8 nitrogen and oxygen atoms in total. The largest absolute Gasteiger partial charge is 0.497 e. The van der Waals surface area contributed by atoms with Crippen molar-refractivity contribution in [3.63, 3.8) is 0 Å². The molecule has 166 valence electrons. The van der Waals surface area contributed by atoms with Crippen molar-refractivity contribution < 1.29 is 31.9 Å². The van der Waals surface area contributed by atoms with Crippen molar-refractivity contribution in [1.82, 2.24) is 20.1 Å². The molecule has 0 bridgehead atoms. The lowest BCUT2D eigenvalue weighted by Crippen LogP contribution is -2.39. The molecule has 3 aromatic rings. The predicted octanol–water partition coefficient (Wildman–Crippen LogP) is 3.77. The molecule has 1 amide bonds. The van der Waals surface area contributed by atoms with Gasteiger partial charge in [0.1, 0.15) is 23.8 Å². The van der Waals surface area contributed by atoms with E-state index in [2.05, 4.69) is 15.2 Å². The van der Waals surface area contributed by atoms with E-state index >= 15 is 0 Å². The van der Waals surface area contributed by atoms with E-state index < -0.39 is 18.6 Å². The first-order chi connectivity index (χ1) is 14.8. The zero-order valence-corrected chi connectivity index (χ0v) is 17.4. The molecule has 2 aromatic heterocycles. The Labute approximate surface area is 179 Å². The van der Waals surface area contributed by atoms with Crippen molar-refractivity contribution in [3.05, 3.63) is 42.4 Å². The Morgan fingerprint density at radius 3 is 2.71 bits per heavy atom. The lowest BCUT2D eigenvalue weighted by molar-refractivity contribution is -0.161. The fourth-order valence-corrected chi connectivity index (χ4v) is 3.38. The molecule has 0 saturated carbocycles. The number of halogens is 3. The fourth-order valence-electron chi connectivity index (χ4n) is 2.68. The summed E-state index contributed by atoms with van der Waals surface area (Å²) in [6, 6.07) is 8.18. The molecule has 3 rings (SSSR count). The zero-order valence-electron chi connectivity index (χ0n) is 16.6. The Hall–Kier alpha value is -3.15. The van der Waals surface area contributed by atoms with Crippen LogP contribution in [0.5, 0.6) is 11.5 Å². The number of amides is 1. The minimum absolute atomic E-state index is 0.214. The summed E-state index contributed by atoms with van der Waals surface area (Å²) in [6.45, 7) is -1.66. The topological polar surface area (TPSA) is 93.5 Å². The van der Waals surface area contributed by atoms with Gasteiger partial charge < -0.3 is 18.8 Å². The number of methoxy groups -OCH3 is 2. The van der Waals surface area contributed by atoms with Crippen LogP contribution in [0.3, 0.4) is 0 Å². The van der Waals surface area contributed by atoms with E-state index in [1.807, 2.05) is 0 Å². The molecular formula is C19H19F3N4O4S. The van der Waals surface area contributed by atoms with Crippen LogP contribution in [-0.4, -0.2) is 58.7 Å². The second-order valence-corrected chi connectivity index (χ2v) is 7.21. The third-order valence-corrected chi connectivity index (χ3v) is 4.94. The molecule has 0 saturated heterocycles. The summed E-state index contributed by atoms with van der Waals surface area (Å²) in [5.74, 6) is 0.756. The number of rotatable bonds is 9. The zero-order chi connectivity index (χ0) is 22.4. The number of aromatic nitrogens is 3. The molecule has 0 aliphatic rings. The first kappa shape index (κ1) is 22.5. The summed E-state index contributed by atoms with van der Waals surface area (Å²) in [4.78, 5) is 17.4. The van der Waals surface area contributed by atoms with Gasteiger partial charge in [0, 0.05) is 6.07 Å². The van der Waals surface area contributed by atoms with Gasteiger partial charge in [0.25, 0.3) is 0 Å². The summed E-state index contributed by atoms with van der Waals surface area (Å²) in [6.07, 6.45) is -3.20. The van der Waals surface area contributed by atoms with Crippen LogP contribution in [-0.2, 0) is 11.3 Å². The van der Waals surface area contributed by atoms with E-state index in [0.717, 1.165) is 11.8 Å². The van der Waals surface area contributed by atoms with Gasteiger partial charge in [-0.2, -0.15) is 13.2 Å². The highest BCUT2D eigenvalue weighted by atomic mass is 32.2. The number of carbonyl (C=O) groups excluding carboxylic acids is 1. The molecule has 1 aromatic carbocycles. The highest BCUT2D eigenvalue weighted by Gasteiger charge is 2.33. The van der Waals surface area contributed by atoms with Crippen molar-refractivity contribution in [2.75, 3.05) is 26.5 Å². The Morgan fingerprint density at radius 1 is 1.26 bits per heavy atom. The molecule has 0 spiro atoms. The van der Waals surface area contributed by atoms with Crippen LogP contribution in [0.15, 0.2) is 46.2 Å². The van der Waals surface area contributed by atoms with Crippen LogP contribution in [0, 0.1) is 0 Å². The third-order valence-electron chi connectivity index (χ3n) is 4.10. The maximum Gasteiger partial charge on any atom is 0.406 e. The Bertz CT molecular complexity index is 1010. The van der Waals surface area contributed by atoms with Gasteiger partial charge in [0.15, 0.2) is 5.82 Å². The summed E-state index contributed by atoms with van der Waals surface area (Å²) >= 11 is 0.924. The summed E-state index contributed by atoms with van der Waals surface area (Å²) < 4.78 is 54.2. The van der Waals surface area contributed by atoms with Crippen LogP contribution in [0.1, 0.15) is 5.76 Å². The normalized spacial score (nSPS) is 11.4. The van der Waals surface area contributed by atoms with Crippen molar-refractivity contribution in [2.24, 2.45) is 0 Å². The first-order valence-corrected chi connectivity index (χ1v) is 9.92. The Balaban J connectivity index is 1.67. The number of benzene rings is 1. The minimum Gasteiger partial charge on any atom is -0.497 e. The maximum atomic E-state index is 12.9. The van der Waals surface area contributed by atoms with E-state index in [0.29, 0.717) is 27.8 Å². The fraction of sp³-hybridized carbons (Fsp3) is 0.316. The van der Waals surface area contributed by atoms with Gasteiger partial charge in [0.05, 0.1) is 38.3 Å². The standard InChI is InChI=1S/C19H19F3N4O4S/c1-28-12-5-6-14(15(8-12)29-2)17-23-18(25-24-17)31-10-16(27)26(11-19(20,21)22)9-13-4-3-7-30-13/h3-8H,9-11H2,1-2H3,(H,23,24,25). The molecule has 0 radical (unpaired) electrons. The maximum absolute atomic E-state index is 12.9. The van der Waals surface area contributed by atoms with Crippen LogP contribution >= 0.6 is 11.8 Å². The van der Waals surface area contributed by atoms with Crippen molar-refractivity contribution in [3.8, 4) is 22.9 Å². The summed E-state index contributed by atoms with van der Waals surface area (Å²) in [5, 5.41) is 6.97. The van der Waals surface area contributed by atoms with Gasteiger partial charge >= 0.3 is 6.18 Å². The predicted molar refractivity (Wildman–Crippen MR) is 106 cm³/mol. The van der Waals surface area contributed by atoms with E-state index in [4.69, 9.17) is 13.9 Å². The number of carbonyl (C=O) groups is 1. The van der Waals surface area contributed by atoms with Crippen LogP contribution in [0.2, 0.25) is 0 Å². The van der Waals surface area contributed by atoms with Crippen molar-refractivity contribution in [2.45, 2.75) is 17.9 Å². The second-order valence-electron chi connectivity index (χ2n) is 6.27. The van der Waals surface area contributed by atoms with Gasteiger partial charge in [-0.3, -0.25) is 9.89 Å². The number of thioether (sulfide) groups is 1. The van der Waals surface area contributed by atoms with E-state index in [1.54, 1.807) is 24.3 Å². The van der Waals surface area contributed by atoms with Crippen LogP contribution < -0.4 is 9.47 Å². The molecule has 0 aliphatic carbocycles. The number of hydrogen-bond donors (Lipinski definition) is 1. The van der Waals surface area contributed by atoms with E-state index in [-0.39, 0.29) is 23.2 Å². The van der Waals surface area contributed by atoms with E-state index in [9.17, 15) is 18.0 Å². The number of ether oxygens (including phenoxy) is 2. The molecule has 0 atom stereocenters. The highest BCUT2D eigenvalue weighted by molar-refractivity contribution is 7.99. The molecule has 1 N–H and O–H groups in total. The molecule has 0 unspecified atom stereocenters. The van der Waals surface area contributed by atoms with Gasteiger partial charge in [-0.1, -0.05) is 11.8 Å².